The van der Waals surface area contributed by atoms with Crippen molar-refractivity contribution in [3.05, 3.63) is 31.0 Å². The zero-order valence-electron chi connectivity index (χ0n) is 15.4. The molecular formula is C17H23N6O4P. The number of phosphoric acid groups is 1. The molecule has 0 radical (unpaired) electrons. The summed E-state index contributed by atoms with van der Waals surface area (Å²) >= 11 is 0. The fourth-order valence-corrected chi connectivity index (χ4v) is 2.83. The van der Waals surface area contributed by atoms with Crippen molar-refractivity contribution in [1.29, 1.82) is 5.26 Å². The first kappa shape index (κ1) is 21.7. The lowest BCUT2D eigenvalue weighted by molar-refractivity contribution is 0.275. The quantitative estimate of drug-likeness (QED) is 0.344. The largest absolute Gasteiger partial charge is 0.466 e. The van der Waals surface area contributed by atoms with Crippen molar-refractivity contribution in [3.8, 4) is 17.3 Å². The summed E-state index contributed by atoms with van der Waals surface area (Å²) in [7, 11) is -4.64. The van der Waals surface area contributed by atoms with E-state index in [0.29, 0.717) is 6.42 Å². The molecule has 3 rings (SSSR count). The molecule has 10 nitrogen and oxygen atoms in total. The Labute approximate surface area is 162 Å². The van der Waals surface area contributed by atoms with E-state index in [1.807, 2.05) is 29.3 Å². The average Bonchev–Trinajstić information content (AvgIpc) is 3.29. The number of nitrogens with one attached hydrogen (secondary N) is 1. The van der Waals surface area contributed by atoms with Crippen LogP contribution in [0.15, 0.2) is 31.0 Å². The van der Waals surface area contributed by atoms with Gasteiger partial charge in [0.05, 0.1) is 30.4 Å². The summed E-state index contributed by atoms with van der Waals surface area (Å²) in [6, 6.07) is 4.37. The number of hydrogen-bond acceptors (Lipinski definition) is 5. The Morgan fingerprint density at radius 3 is 2.75 bits per heavy atom. The number of aromatic amines is 1. The van der Waals surface area contributed by atoms with E-state index in [2.05, 4.69) is 33.0 Å². The normalized spacial score (nSPS) is 12.2. The van der Waals surface area contributed by atoms with Gasteiger partial charge in [-0.1, -0.05) is 26.2 Å². The second-order valence-electron chi connectivity index (χ2n) is 6.20. The Morgan fingerprint density at radius 2 is 2.07 bits per heavy atom. The first-order valence-corrected chi connectivity index (χ1v) is 10.4. The van der Waals surface area contributed by atoms with Crippen molar-refractivity contribution in [2.75, 3.05) is 0 Å². The van der Waals surface area contributed by atoms with Crippen LogP contribution in [0.4, 0.5) is 0 Å². The van der Waals surface area contributed by atoms with Gasteiger partial charge >= 0.3 is 7.82 Å². The van der Waals surface area contributed by atoms with Crippen molar-refractivity contribution in [2.24, 2.45) is 0 Å². The fourth-order valence-electron chi connectivity index (χ4n) is 2.83. The van der Waals surface area contributed by atoms with Gasteiger partial charge in [-0.25, -0.2) is 14.5 Å². The van der Waals surface area contributed by atoms with Crippen LogP contribution in [0, 0.1) is 11.3 Å². The molecule has 0 saturated heterocycles. The Balaban J connectivity index is 0.000000500. The van der Waals surface area contributed by atoms with Crippen molar-refractivity contribution in [2.45, 2.75) is 45.1 Å². The van der Waals surface area contributed by atoms with Crippen LogP contribution in [0.25, 0.3) is 22.3 Å². The smallest absolute Gasteiger partial charge is 0.346 e. The van der Waals surface area contributed by atoms with E-state index >= 15 is 0 Å². The topological polar surface area (TPSA) is 161 Å². The molecule has 0 bridgehead atoms. The van der Waals surface area contributed by atoms with Crippen molar-refractivity contribution in [3.63, 3.8) is 0 Å². The van der Waals surface area contributed by atoms with Gasteiger partial charge in [0, 0.05) is 23.3 Å². The number of hydrogen-bond donors (Lipinski definition) is 4. The highest BCUT2D eigenvalue weighted by atomic mass is 31.2. The molecule has 0 spiro atoms. The summed E-state index contributed by atoms with van der Waals surface area (Å²) < 4.78 is 10.8. The fraction of sp³-hybridized carbons (Fsp3) is 0.412. The minimum absolute atomic E-state index is 0.129. The molecule has 0 aliphatic rings. The maximum absolute atomic E-state index is 9.08. The third-order valence-electron chi connectivity index (χ3n) is 4.07. The third-order valence-corrected chi connectivity index (χ3v) is 4.07. The van der Waals surface area contributed by atoms with E-state index in [9.17, 15) is 0 Å². The third kappa shape index (κ3) is 6.55. The molecule has 28 heavy (non-hydrogen) atoms. The van der Waals surface area contributed by atoms with Crippen LogP contribution in [0.1, 0.15) is 45.1 Å². The SMILES string of the molecule is CCCCCC(CC#N)n1cc(-c2ncnc3[nH]ccc23)cn1.O=P(O)(O)O. The summed E-state index contributed by atoms with van der Waals surface area (Å²) in [6.45, 7) is 2.18. The van der Waals surface area contributed by atoms with Gasteiger partial charge in [0.2, 0.25) is 0 Å². The molecule has 0 amide bonds. The summed E-state index contributed by atoms with van der Waals surface area (Å²) in [4.78, 5) is 33.3. The second-order valence-corrected chi connectivity index (χ2v) is 7.22. The van der Waals surface area contributed by atoms with E-state index in [0.717, 1.165) is 35.1 Å². The molecule has 4 N–H and O–H groups in total. The number of nitrogens with zero attached hydrogens (tertiary/aromatic N) is 5. The highest BCUT2D eigenvalue weighted by Gasteiger charge is 2.14. The lowest BCUT2D eigenvalue weighted by atomic mass is 10.1. The van der Waals surface area contributed by atoms with E-state index < -0.39 is 7.82 Å². The van der Waals surface area contributed by atoms with Crippen LogP contribution in [-0.4, -0.2) is 39.4 Å². The number of H-pyrrole nitrogens is 1. The van der Waals surface area contributed by atoms with Crippen LogP contribution >= 0.6 is 7.82 Å². The van der Waals surface area contributed by atoms with Crippen molar-refractivity contribution >= 4 is 18.9 Å². The van der Waals surface area contributed by atoms with Gasteiger partial charge < -0.3 is 19.7 Å². The molecule has 3 aromatic heterocycles. The predicted molar refractivity (Wildman–Crippen MR) is 103 cm³/mol. The predicted octanol–water partition coefficient (Wildman–Crippen LogP) is 2.93. The Kier molecular flexibility index (Phi) is 7.84. The Hall–Kier alpha value is -2.57. The number of nitriles is 1. The molecule has 3 heterocycles. The maximum atomic E-state index is 9.08. The average molecular weight is 406 g/mol. The monoisotopic (exact) mass is 406 g/mol. The zero-order chi connectivity index (χ0) is 20.6. The number of fused-ring (bicyclic) bond motifs is 1. The van der Waals surface area contributed by atoms with Gasteiger partial charge in [0.15, 0.2) is 0 Å². The molecule has 11 heteroatoms. The highest BCUT2D eigenvalue weighted by molar-refractivity contribution is 7.45. The highest BCUT2D eigenvalue weighted by Crippen LogP contribution is 2.27. The lowest BCUT2D eigenvalue weighted by Crippen LogP contribution is -2.09. The minimum Gasteiger partial charge on any atom is -0.346 e. The zero-order valence-corrected chi connectivity index (χ0v) is 16.3. The Morgan fingerprint density at radius 1 is 1.32 bits per heavy atom. The second kappa shape index (κ2) is 10.1. The molecule has 1 unspecified atom stereocenters. The summed E-state index contributed by atoms with van der Waals surface area (Å²) in [5.41, 5.74) is 2.64. The molecule has 150 valence electrons. The van der Waals surface area contributed by atoms with Crippen molar-refractivity contribution < 1.29 is 19.2 Å². The summed E-state index contributed by atoms with van der Waals surface area (Å²) in [6.07, 6.45) is 12.2. The maximum Gasteiger partial charge on any atom is 0.466 e. The number of unbranched alkanes of at least 4 members (excludes halogenated alkanes) is 2. The molecular weight excluding hydrogens is 383 g/mol. The van der Waals surface area contributed by atoms with Gasteiger partial charge in [0.25, 0.3) is 0 Å². The van der Waals surface area contributed by atoms with Crippen LogP contribution in [0.5, 0.6) is 0 Å². The molecule has 0 saturated carbocycles. The molecule has 0 fully saturated rings. The van der Waals surface area contributed by atoms with Gasteiger partial charge in [-0.3, -0.25) is 4.68 Å². The summed E-state index contributed by atoms with van der Waals surface area (Å²) in [5.74, 6) is 0. The van der Waals surface area contributed by atoms with Gasteiger partial charge in [0.1, 0.15) is 12.0 Å². The van der Waals surface area contributed by atoms with Crippen LogP contribution in [0.3, 0.4) is 0 Å². The minimum atomic E-state index is -4.64. The number of aromatic nitrogens is 5. The van der Waals surface area contributed by atoms with E-state index in [1.54, 1.807) is 6.33 Å². The van der Waals surface area contributed by atoms with E-state index in [-0.39, 0.29) is 6.04 Å². The molecule has 3 aromatic rings. The standard InChI is InChI=1S/C17H20N6.H3O4P/c1-2-3-4-5-14(6-8-18)23-11-13(10-22-23)16-15-7-9-19-17(15)21-12-20-16;1-5(2,3)4/h7,9-12,14H,2-6H2,1H3,(H,19,20,21);(H3,1,2,3,4). The first-order valence-electron chi connectivity index (χ1n) is 8.81. The van der Waals surface area contributed by atoms with Crippen LogP contribution in [-0.2, 0) is 4.57 Å². The van der Waals surface area contributed by atoms with E-state index in [4.69, 9.17) is 24.5 Å². The molecule has 1 atom stereocenters. The molecule has 0 aliphatic heterocycles. The van der Waals surface area contributed by atoms with Gasteiger partial charge in [-0.15, -0.1) is 0 Å². The summed E-state index contributed by atoms with van der Waals surface area (Å²) in [5, 5.41) is 14.5. The van der Waals surface area contributed by atoms with E-state index in [1.165, 1.54) is 12.8 Å². The van der Waals surface area contributed by atoms with Gasteiger partial charge in [-0.05, 0) is 12.5 Å². The van der Waals surface area contributed by atoms with Crippen LogP contribution in [0.2, 0.25) is 0 Å². The first-order chi connectivity index (χ1) is 13.3. The molecule has 0 aliphatic carbocycles. The lowest BCUT2D eigenvalue weighted by Gasteiger charge is -2.13. The van der Waals surface area contributed by atoms with Gasteiger partial charge in [-0.2, -0.15) is 10.4 Å². The van der Waals surface area contributed by atoms with Crippen LogP contribution < -0.4 is 0 Å². The van der Waals surface area contributed by atoms with Crippen molar-refractivity contribution in [1.82, 2.24) is 24.7 Å². The Bertz CT molecular complexity index is 965. The number of rotatable bonds is 7. The molecule has 0 aromatic carbocycles.